The van der Waals surface area contributed by atoms with Gasteiger partial charge in [0.2, 0.25) is 0 Å². The van der Waals surface area contributed by atoms with Crippen LogP contribution in [0.25, 0.3) is 5.82 Å². The zero-order chi connectivity index (χ0) is 14.7. The van der Waals surface area contributed by atoms with Crippen molar-refractivity contribution < 1.29 is 8.78 Å². The van der Waals surface area contributed by atoms with Gasteiger partial charge in [0.15, 0.2) is 5.82 Å². The van der Waals surface area contributed by atoms with Crippen molar-refractivity contribution in [3.05, 3.63) is 66.3 Å². The maximum atomic E-state index is 13.6. The van der Waals surface area contributed by atoms with Gasteiger partial charge >= 0.3 is 0 Å². The topological polar surface area (TPSA) is 43.6 Å². The van der Waals surface area contributed by atoms with Crippen molar-refractivity contribution in [3.8, 4) is 5.82 Å². The first-order valence-corrected chi connectivity index (χ1v) is 7.10. The molecule has 106 valence electrons. The highest BCUT2D eigenvalue weighted by molar-refractivity contribution is 7.98. The molecule has 3 aromatic rings. The fraction of sp³-hybridized carbons (Fsp3) is 0.0714. The van der Waals surface area contributed by atoms with Crippen molar-refractivity contribution in [2.75, 3.05) is 0 Å². The zero-order valence-electron chi connectivity index (χ0n) is 10.8. The highest BCUT2D eigenvalue weighted by Gasteiger charge is 2.10. The molecule has 0 fully saturated rings. The molecule has 2 heterocycles. The largest absolute Gasteiger partial charge is 0.244 e. The van der Waals surface area contributed by atoms with Crippen LogP contribution >= 0.6 is 11.8 Å². The third-order valence-corrected chi connectivity index (χ3v) is 3.76. The van der Waals surface area contributed by atoms with Gasteiger partial charge < -0.3 is 0 Å². The Morgan fingerprint density at radius 1 is 1.10 bits per heavy atom. The lowest BCUT2D eigenvalue weighted by atomic mass is 10.2. The van der Waals surface area contributed by atoms with Crippen molar-refractivity contribution in [2.24, 2.45) is 0 Å². The van der Waals surface area contributed by atoms with E-state index in [0.717, 1.165) is 12.1 Å². The van der Waals surface area contributed by atoms with Gasteiger partial charge in [-0.15, -0.1) is 0 Å². The van der Waals surface area contributed by atoms with Gasteiger partial charge in [0.25, 0.3) is 0 Å². The lowest BCUT2D eigenvalue weighted by Gasteiger charge is -2.07. The summed E-state index contributed by atoms with van der Waals surface area (Å²) in [5.74, 6) is -0.0764. The van der Waals surface area contributed by atoms with Crippen molar-refractivity contribution in [1.29, 1.82) is 0 Å². The molecule has 0 saturated heterocycles. The Hall–Kier alpha value is -2.28. The van der Waals surface area contributed by atoms with E-state index in [1.165, 1.54) is 17.8 Å². The fourth-order valence-corrected chi connectivity index (χ4v) is 2.70. The smallest absolute Gasteiger partial charge is 0.186 e. The molecule has 0 unspecified atom stereocenters. The molecule has 0 N–H and O–H groups in total. The van der Waals surface area contributed by atoms with Crippen molar-refractivity contribution in [2.45, 2.75) is 10.8 Å². The van der Waals surface area contributed by atoms with Gasteiger partial charge in [-0.1, -0.05) is 11.8 Å². The summed E-state index contributed by atoms with van der Waals surface area (Å²) in [6.07, 6.45) is 6.49. The van der Waals surface area contributed by atoms with E-state index in [9.17, 15) is 8.78 Å². The Kier molecular flexibility index (Phi) is 3.92. The van der Waals surface area contributed by atoms with Crippen LogP contribution in [0.2, 0.25) is 0 Å². The maximum Gasteiger partial charge on any atom is 0.186 e. The van der Waals surface area contributed by atoms with Gasteiger partial charge in [-0.25, -0.2) is 23.4 Å². The SMILES string of the molecule is Fc1ccc(F)c(CSc2nccnc2-n2cccn2)c1. The Morgan fingerprint density at radius 3 is 2.76 bits per heavy atom. The predicted octanol–water partition coefficient (Wildman–Crippen LogP) is 3.23. The van der Waals surface area contributed by atoms with E-state index in [-0.39, 0.29) is 11.3 Å². The van der Waals surface area contributed by atoms with E-state index in [0.29, 0.717) is 10.8 Å². The van der Waals surface area contributed by atoms with Crippen molar-refractivity contribution >= 4 is 11.8 Å². The molecule has 3 rings (SSSR count). The fourth-order valence-electron chi connectivity index (χ4n) is 1.77. The summed E-state index contributed by atoms with van der Waals surface area (Å²) >= 11 is 1.28. The molecule has 2 aromatic heterocycles. The van der Waals surface area contributed by atoms with Gasteiger partial charge in [-0.2, -0.15) is 5.10 Å². The molecule has 0 radical (unpaired) electrons. The van der Waals surface area contributed by atoms with Crippen LogP contribution in [-0.4, -0.2) is 19.7 Å². The Balaban J connectivity index is 1.84. The number of thioether (sulfide) groups is 1. The van der Waals surface area contributed by atoms with Gasteiger partial charge in [0.05, 0.1) is 0 Å². The summed E-state index contributed by atoms with van der Waals surface area (Å²) < 4.78 is 28.4. The second-order valence-corrected chi connectivity index (χ2v) is 5.12. The Morgan fingerprint density at radius 2 is 1.95 bits per heavy atom. The van der Waals surface area contributed by atoms with Crippen LogP contribution in [0.5, 0.6) is 0 Å². The number of nitrogens with zero attached hydrogens (tertiary/aromatic N) is 4. The van der Waals surface area contributed by atoms with E-state index < -0.39 is 11.6 Å². The summed E-state index contributed by atoms with van der Waals surface area (Å²) in [6.45, 7) is 0. The summed E-state index contributed by atoms with van der Waals surface area (Å²) in [7, 11) is 0. The quantitative estimate of drug-likeness (QED) is 0.694. The minimum absolute atomic E-state index is 0.260. The summed E-state index contributed by atoms with van der Waals surface area (Å²) in [5.41, 5.74) is 0.289. The van der Waals surface area contributed by atoms with Crippen LogP contribution in [0.3, 0.4) is 0 Å². The van der Waals surface area contributed by atoms with Gasteiger partial charge in [0, 0.05) is 36.1 Å². The zero-order valence-corrected chi connectivity index (χ0v) is 11.6. The molecule has 0 saturated carbocycles. The number of hydrogen-bond donors (Lipinski definition) is 0. The molecule has 0 aliphatic carbocycles. The number of rotatable bonds is 4. The van der Waals surface area contributed by atoms with Gasteiger partial charge in [0.1, 0.15) is 16.7 Å². The minimum atomic E-state index is -0.460. The Bertz CT molecular complexity index is 746. The van der Waals surface area contributed by atoms with E-state index in [4.69, 9.17) is 0 Å². The molecule has 0 spiro atoms. The molecular weight excluding hydrogens is 294 g/mol. The molecule has 1 aromatic carbocycles. The van der Waals surface area contributed by atoms with Crippen LogP contribution in [0.1, 0.15) is 5.56 Å². The average Bonchev–Trinajstić information content (AvgIpc) is 3.03. The van der Waals surface area contributed by atoms with Crippen molar-refractivity contribution in [3.63, 3.8) is 0 Å². The van der Waals surface area contributed by atoms with E-state index in [1.807, 2.05) is 0 Å². The van der Waals surface area contributed by atoms with Crippen molar-refractivity contribution in [1.82, 2.24) is 19.7 Å². The molecular formula is C14H10F2N4S. The third-order valence-electron chi connectivity index (χ3n) is 2.74. The molecule has 4 nitrogen and oxygen atoms in total. The van der Waals surface area contributed by atoms with E-state index >= 15 is 0 Å². The van der Waals surface area contributed by atoms with Crippen LogP contribution in [0, 0.1) is 11.6 Å². The Labute approximate surface area is 123 Å². The maximum absolute atomic E-state index is 13.6. The normalized spacial score (nSPS) is 10.8. The summed E-state index contributed by atoms with van der Waals surface area (Å²) in [5, 5.41) is 4.70. The molecule has 21 heavy (non-hydrogen) atoms. The number of halogens is 2. The second-order valence-electron chi connectivity index (χ2n) is 4.16. The molecule has 0 amide bonds. The highest BCUT2D eigenvalue weighted by Crippen LogP contribution is 2.26. The van der Waals surface area contributed by atoms with E-state index in [2.05, 4.69) is 15.1 Å². The second kappa shape index (κ2) is 6.01. The lowest BCUT2D eigenvalue weighted by molar-refractivity contribution is 0.591. The van der Waals surface area contributed by atoms with Crippen LogP contribution < -0.4 is 0 Å². The molecule has 0 aliphatic rings. The summed E-state index contributed by atoms with van der Waals surface area (Å²) in [4.78, 5) is 8.45. The predicted molar refractivity (Wildman–Crippen MR) is 75.1 cm³/mol. The van der Waals surface area contributed by atoms with E-state index in [1.54, 1.807) is 35.5 Å². The van der Waals surface area contributed by atoms with Gasteiger partial charge in [-0.05, 0) is 24.3 Å². The van der Waals surface area contributed by atoms with Gasteiger partial charge in [-0.3, -0.25) is 0 Å². The van der Waals surface area contributed by atoms with Crippen LogP contribution in [0.15, 0.2) is 54.1 Å². The standard InChI is InChI=1S/C14H10F2N4S/c15-11-2-3-12(16)10(8-11)9-21-14-13(17-5-6-18-14)20-7-1-4-19-20/h1-8H,9H2. The lowest BCUT2D eigenvalue weighted by Crippen LogP contribution is -2.02. The third kappa shape index (κ3) is 3.08. The molecule has 0 atom stereocenters. The molecule has 0 aliphatic heterocycles. The van der Waals surface area contributed by atoms with Crippen LogP contribution in [-0.2, 0) is 5.75 Å². The molecule has 0 bridgehead atoms. The summed E-state index contributed by atoms with van der Waals surface area (Å²) in [6, 6.07) is 5.18. The highest BCUT2D eigenvalue weighted by atomic mass is 32.2. The number of hydrogen-bond acceptors (Lipinski definition) is 4. The first-order valence-electron chi connectivity index (χ1n) is 6.12. The van der Waals surface area contributed by atoms with Crippen LogP contribution in [0.4, 0.5) is 8.78 Å². The number of benzene rings is 1. The minimum Gasteiger partial charge on any atom is -0.244 e. The first kappa shape index (κ1) is 13.7. The number of aromatic nitrogens is 4. The molecule has 7 heteroatoms. The monoisotopic (exact) mass is 304 g/mol. The average molecular weight is 304 g/mol. The first-order chi connectivity index (χ1) is 10.2.